The van der Waals surface area contributed by atoms with Crippen molar-refractivity contribution in [2.75, 3.05) is 6.54 Å². The number of rotatable bonds is 3. The third-order valence-corrected chi connectivity index (χ3v) is 2.50. The fourth-order valence-electron chi connectivity index (χ4n) is 1.54. The van der Waals surface area contributed by atoms with Crippen LogP contribution in [0.4, 0.5) is 13.2 Å². The molecule has 0 spiro atoms. The molecular formula is C11H12F3NO2. The first-order chi connectivity index (χ1) is 7.77. The molecule has 0 aromatic heterocycles. The minimum absolute atomic E-state index is 0.0578. The molecule has 1 atom stereocenters. The zero-order valence-electron chi connectivity index (χ0n) is 9.08. The predicted molar refractivity (Wildman–Crippen MR) is 55.6 cm³/mol. The predicted octanol–water partition coefficient (Wildman–Crippen LogP) is 2.14. The lowest BCUT2D eigenvalue weighted by Gasteiger charge is -2.15. The Labute approximate surface area is 96.0 Å². The van der Waals surface area contributed by atoms with E-state index in [4.69, 9.17) is 10.8 Å². The molecule has 1 aromatic carbocycles. The molecule has 0 aliphatic carbocycles. The van der Waals surface area contributed by atoms with Crippen molar-refractivity contribution in [3.8, 4) is 0 Å². The van der Waals surface area contributed by atoms with Crippen LogP contribution in [0, 0.1) is 6.92 Å². The number of carbonyl (C=O) groups is 1. The number of aryl methyl sites for hydroxylation is 1. The van der Waals surface area contributed by atoms with Gasteiger partial charge in [-0.05, 0) is 24.1 Å². The van der Waals surface area contributed by atoms with E-state index in [0.29, 0.717) is 0 Å². The highest BCUT2D eigenvalue weighted by atomic mass is 19.4. The standard InChI is InChI=1S/C11H12F3NO2/c1-6-2-3-7(8(5-15)10(16)17)4-9(6)11(12,13)14/h2-4,8H,5,15H2,1H3,(H,16,17). The summed E-state index contributed by atoms with van der Waals surface area (Å²) >= 11 is 0. The quantitative estimate of drug-likeness (QED) is 0.860. The Balaban J connectivity index is 3.25. The van der Waals surface area contributed by atoms with Crippen molar-refractivity contribution in [3.63, 3.8) is 0 Å². The Hall–Kier alpha value is -1.56. The number of hydrogen-bond acceptors (Lipinski definition) is 2. The van der Waals surface area contributed by atoms with Gasteiger partial charge in [0.1, 0.15) is 0 Å². The summed E-state index contributed by atoms with van der Waals surface area (Å²) in [6.07, 6.45) is -4.49. The van der Waals surface area contributed by atoms with Gasteiger partial charge in [-0.2, -0.15) is 13.2 Å². The highest BCUT2D eigenvalue weighted by Gasteiger charge is 2.33. The van der Waals surface area contributed by atoms with E-state index in [0.717, 1.165) is 6.07 Å². The van der Waals surface area contributed by atoms with Crippen molar-refractivity contribution in [2.45, 2.75) is 19.0 Å². The molecule has 3 nitrogen and oxygen atoms in total. The Bertz CT molecular complexity index is 429. The molecule has 0 saturated carbocycles. The number of aliphatic carboxylic acids is 1. The molecule has 0 saturated heterocycles. The van der Waals surface area contributed by atoms with Crippen LogP contribution >= 0.6 is 0 Å². The molecule has 0 aliphatic heterocycles. The first-order valence-electron chi connectivity index (χ1n) is 4.88. The van der Waals surface area contributed by atoms with Crippen molar-refractivity contribution >= 4 is 5.97 Å². The summed E-state index contributed by atoms with van der Waals surface area (Å²) in [5.41, 5.74) is 4.54. The Kier molecular flexibility index (Phi) is 3.77. The molecule has 1 rings (SSSR count). The second-order valence-electron chi connectivity index (χ2n) is 3.70. The van der Waals surface area contributed by atoms with Gasteiger partial charge in [-0.15, -0.1) is 0 Å². The van der Waals surface area contributed by atoms with E-state index < -0.39 is 23.6 Å². The fourth-order valence-corrected chi connectivity index (χ4v) is 1.54. The summed E-state index contributed by atoms with van der Waals surface area (Å²) in [5, 5.41) is 8.83. The van der Waals surface area contributed by atoms with Gasteiger partial charge in [0, 0.05) is 6.54 Å². The molecular weight excluding hydrogens is 235 g/mol. The number of carboxylic acid groups (broad SMARTS) is 1. The van der Waals surface area contributed by atoms with Crippen LogP contribution in [0.2, 0.25) is 0 Å². The fraction of sp³-hybridized carbons (Fsp3) is 0.364. The summed E-state index contributed by atoms with van der Waals surface area (Å²) < 4.78 is 37.9. The van der Waals surface area contributed by atoms with Crippen molar-refractivity contribution in [1.82, 2.24) is 0 Å². The van der Waals surface area contributed by atoms with E-state index in [2.05, 4.69) is 0 Å². The van der Waals surface area contributed by atoms with Crippen molar-refractivity contribution in [1.29, 1.82) is 0 Å². The van der Waals surface area contributed by atoms with Gasteiger partial charge in [-0.25, -0.2) is 0 Å². The molecule has 0 aliphatic rings. The lowest BCUT2D eigenvalue weighted by atomic mass is 9.95. The maximum Gasteiger partial charge on any atom is 0.416 e. The number of halogens is 3. The summed E-state index contributed by atoms with van der Waals surface area (Å²) in [4.78, 5) is 10.8. The van der Waals surface area contributed by atoms with Crippen LogP contribution < -0.4 is 5.73 Å². The minimum atomic E-state index is -4.49. The summed E-state index contributed by atoms with van der Waals surface area (Å²) in [7, 11) is 0. The molecule has 94 valence electrons. The lowest BCUT2D eigenvalue weighted by molar-refractivity contribution is -0.140. The zero-order chi connectivity index (χ0) is 13.2. The van der Waals surface area contributed by atoms with Gasteiger partial charge in [0.15, 0.2) is 0 Å². The molecule has 6 heteroatoms. The topological polar surface area (TPSA) is 63.3 Å². The molecule has 1 unspecified atom stereocenters. The highest BCUT2D eigenvalue weighted by molar-refractivity contribution is 5.76. The second kappa shape index (κ2) is 4.75. The molecule has 0 heterocycles. The van der Waals surface area contributed by atoms with Gasteiger partial charge in [-0.3, -0.25) is 4.79 Å². The maximum atomic E-state index is 12.6. The molecule has 0 bridgehead atoms. The van der Waals surface area contributed by atoms with Crippen LogP contribution in [-0.4, -0.2) is 17.6 Å². The van der Waals surface area contributed by atoms with Gasteiger partial charge >= 0.3 is 12.1 Å². The number of hydrogen-bond donors (Lipinski definition) is 2. The minimum Gasteiger partial charge on any atom is -0.481 e. The molecule has 17 heavy (non-hydrogen) atoms. The summed E-state index contributed by atoms with van der Waals surface area (Å²) in [5.74, 6) is -2.35. The van der Waals surface area contributed by atoms with E-state index in [1.807, 2.05) is 0 Å². The number of benzene rings is 1. The van der Waals surface area contributed by atoms with Crippen molar-refractivity contribution in [2.24, 2.45) is 5.73 Å². The normalized spacial score (nSPS) is 13.5. The van der Waals surface area contributed by atoms with E-state index in [1.54, 1.807) is 0 Å². The van der Waals surface area contributed by atoms with Gasteiger partial charge < -0.3 is 10.8 Å². The van der Waals surface area contributed by atoms with Crippen LogP contribution in [0.5, 0.6) is 0 Å². The highest BCUT2D eigenvalue weighted by Crippen LogP contribution is 2.33. The van der Waals surface area contributed by atoms with Gasteiger partial charge in [-0.1, -0.05) is 12.1 Å². The number of nitrogens with two attached hydrogens (primary N) is 1. The first-order valence-corrected chi connectivity index (χ1v) is 4.88. The van der Waals surface area contributed by atoms with Crippen molar-refractivity contribution in [3.05, 3.63) is 34.9 Å². The molecule has 3 N–H and O–H groups in total. The molecule has 0 radical (unpaired) electrons. The number of carboxylic acids is 1. The summed E-state index contributed by atoms with van der Waals surface area (Å²) in [6, 6.07) is 3.46. The van der Waals surface area contributed by atoms with Crippen LogP contribution in [0.3, 0.4) is 0 Å². The Morgan fingerprint density at radius 3 is 2.47 bits per heavy atom. The van der Waals surface area contributed by atoms with E-state index in [9.17, 15) is 18.0 Å². The monoisotopic (exact) mass is 247 g/mol. The Morgan fingerprint density at radius 2 is 2.06 bits per heavy atom. The third kappa shape index (κ3) is 2.97. The first kappa shape index (κ1) is 13.5. The van der Waals surface area contributed by atoms with Crippen LogP contribution in [0.1, 0.15) is 22.6 Å². The van der Waals surface area contributed by atoms with Crippen LogP contribution in [0.15, 0.2) is 18.2 Å². The third-order valence-electron chi connectivity index (χ3n) is 2.50. The average Bonchev–Trinajstić information content (AvgIpc) is 2.19. The summed E-state index contributed by atoms with van der Waals surface area (Å²) in [6.45, 7) is 1.08. The lowest BCUT2D eigenvalue weighted by Crippen LogP contribution is -2.22. The number of alkyl halides is 3. The average molecular weight is 247 g/mol. The van der Waals surface area contributed by atoms with Gasteiger partial charge in [0.25, 0.3) is 0 Å². The van der Waals surface area contributed by atoms with Crippen molar-refractivity contribution < 1.29 is 23.1 Å². The molecule has 0 amide bonds. The largest absolute Gasteiger partial charge is 0.481 e. The smallest absolute Gasteiger partial charge is 0.416 e. The molecule has 0 fully saturated rings. The zero-order valence-corrected chi connectivity index (χ0v) is 9.08. The SMILES string of the molecule is Cc1ccc(C(CN)C(=O)O)cc1C(F)(F)F. The maximum absolute atomic E-state index is 12.6. The van der Waals surface area contributed by atoms with Gasteiger partial charge in [0.05, 0.1) is 11.5 Å². The van der Waals surface area contributed by atoms with E-state index in [-0.39, 0.29) is 17.7 Å². The van der Waals surface area contributed by atoms with Gasteiger partial charge in [0.2, 0.25) is 0 Å². The van der Waals surface area contributed by atoms with Crippen LogP contribution in [0.25, 0.3) is 0 Å². The van der Waals surface area contributed by atoms with Crippen LogP contribution in [-0.2, 0) is 11.0 Å². The Morgan fingerprint density at radius 1 is 1.47 bits per heavy atom. The molecule has 1 aromatic rings. The van der Waals surface area contributed by atoms with E-state index >= 15 is 0 Å². The van der Waals surface area contributed by atoms with E-state index in [1.165, 1.54) is 19.1 Å². The second-order valence-corrected chi connectivity index (χ2v) is 3.70.